The van der Waals surface area contributed by atoms with Crippen molar-refractivity contribution in [3.8, 4) is 0 Å². The molecular weight excluding hydrogens is 264 g/mol. The van der Waals surface area contributed by atoms with Crippen LogP contribution in [0.25, 0.3) is 11.6 Å². The summed E-state index contributed by atoms with van der Waals surface area (Å²) < 4.78 is 0. The molecule has 1 aromatic rings. The first-order chi connectivity index (χ1) is 10.8. The van der Waals surface area contributed by atoms with Crippen LogP contribution in [-0.4, -0.2) is 0 Å². The zero-order valence-electron chi connectivity index (χ0n) is 14.8. The Balaban J connectivity index is 2.08. The Morgan fingerprint density at radius 2 is 1.77 bits per heavy atom. The fraction of sp³-hybridized carbons (Fsp3) is 0.545. The zero-order chi connectivity index (χ0) is 15.8. The van der Waals surface area contributed by atoms with Crippen molar-refractivity contribution in [1.82, 2.24) is 0 Å². The van der Waals surface area contributed by atoms with Crippen LogP contribution >= 0.6 is 0 Å². The molecule has 0 amide bonds. The molecule has 0 aliphatic heterocycles. The molecular formula is C22H32. The Hall–Kier alpha value is -1.30. The first-order valence-corrected chi connectivity index (χ1v) is 9.25. The molecule has 2 rings (SSSR count). The molecule has 0 heterocycles. The molecule has 0 bridgehead atoms. The first kappa shape index (κ1) is 17.1. The highest BCUT2D eigenvalue weighted by molar-refractivity contribution is 5.81. The molecule has 0 saturated carbocycles. The van der Waals surface area contributed by atoms with Gasteiger partial charge in [0.25, 0.3) is 0 Å². The summed E-state index contributed by atoms with van der Waals surface area (Å²) >= 11 is 0. The van der Waals surface area contributed by atoms with Gasteiger partial charge in [-0.1, -0.05) is 70.2 Å². The largest absolute Gasteiger partial charge is 0.0839 e. The number of hydrogen-bond donors (Lipinski definition) is 0. The maximum Gasteiger partial charge on any atom is -0.00883 e. The second-order valence-corrected chi connectivity index (χ2v) is 6.65. The maximum atomic E-state index is 2.44. The van der Waals surface area contributed by atoms with Crippen LogP contribution in [0.3, 0.4) is 0 Å². The summed E-state index contributed by atoms with van der Waals surface area (Å²) in [5.41, 5.74) is 7.51. The van der Waals surface area contributed by atoms with Gasteiger partial charge in [0.2, 0.25) is 0 Å². The lowest BCUT2D eigenvalue weighted by Crippen LogP contribution is -1.95. The Labute approximate surface area is 137 Å². The highest BCUT2D eigenvalue weighted by Crippen LogP contribution is 2.35. The van der Waals surface area contributed by atoms with Crippen molar-refractivity contribution in [2.75, 3.05) is 0 Å². The van der Waals surface area contributed by atoms with Crippen molar-refractivity contribution in [3.05, 3.63) is 46.5 Å². The van der Waals surface area contributed by atoms with Gasteiger partial charge in [-0.05, 0) is 66.5 Å². The van der Waals surface area contributed by atoms with Crippen LogP contribution in [0, 0.1) is 6.92 Å². The van der Waals surface area contributed by atoms with Gasteiger partial charge in [0.15, 0.2) is 0 Å². The van der Waals surface area contributed by atoms with Crippen molar-refractivity contribution in [1.29, 1.82) is 0 Å². The average molecular weight is 296 g/mol. The number of unbranched alkanes of at least 4 members (excludes halogenated alkanes) is 5. The van der Waals surface area contributed by atoms with E-state index in [2.05, 4.69) is 51.1 Å². The van der Waals surface area contributed by atoms with E-state index in [-0.39, 0.29) is 0 Å². The standard InChI is InChI=1S/C22H32/c1-4-6-8-10-12-20-17-22(19-14-15-19)21(16-18(20)3)13-11-9-7-5-2/h10,12,14,16-17H,4-9,11,13,15H2,1-3H3/b12-10+. The van der Waals surface area contributed by atoms with E-state index in [9.17, 15) is 0 Å². The van der Waals surface area contributed by atoms with Crippen molar-refractivity contribution >= 4 is 11.6 Å². The van der Waals surface area contributed by atoms with E-state index in [1.807, 2.05) is 0 Å². The second kappa shape index (κ2) is 8.98. The van der Waals surface area contributed by atoms with Gasteiger partial charge in [0.05, 0.1) is 0 Å². The predicted molar refractivity (Wildman–Crippen MR) is 100 cm³/mol. The summed E-state index contributed by atoms with van der Waals surface area (Å²) in [7, 11) is 0. The lowest BCUT2D eigenvalue weighted by atomic mass is 9.93. The van der Waals surface area contributed by atoms with E-state index in [1.165, 1.54) is 74.5 Å². The van der Waals surface area contributed by atoms with E-state index in [1.54, 1.807) is 11.1 Å². The monoisotopic (exact) mass is 296 g/mol. The summed E-state index contributed by atoms with van der Waals surface area (Å²) in [6.07, 6.45) is 18.6. The Bertz CT molecular complexity index is 531. The number of benzene rings is 1. The second-order valence-electron chi connectivity index (χ2n) is 6.65. The van der Waals surface area contributed by atoms with Crippen LogP contribution in [0.1, 0.15) is 87.5 Å². The van der Waals surface area contributed by atoms with Gasteiger partial charge in [-0.3, -0.25) is 0 Å². The molecule has 0 unspecified atom stereocenters. The molecule has 0 radical (unpaired) electrons. The SMILES string of the molecule is CCCC/C=C/c1cc(C2=CC2)c(CCCCCC)cc1C. The summed E-state index contributed by atoms with van der Waals surface area (Å²) in [5.74, 6) is 0. The van der Waals surface area contributed by atoms with E-state index < -0.39 is 0 Å². The summed E-state index contributed by atoms with van der Waals surface area (Å²) in [5, 5.41) is 0. The molecule has 0 N–H and O–H groups in total. The third kappa shape index (κ3) is 5.16. The summed E-state index contributed by atoms with van der Waals surface area (Å²) in [6.45, 7) is 6.80. The van der Waals surface area contributed by atoms with Gasteiger partial charge in [-0.15, -0.1) is 0 Å². The minimum absolute atomic E-state index is 1.20. The van der Waals surface area contributed by atoms with E-state index in [0.717, 1.165) is 0 Å². The van der Waals surface area contributed by atoms with Crippen molar-refractivity contribution in [2.24, 2.45) is 0 Å². The van der Waals surface area contributed by atoms with Gasteiger partial charge in [-0.2, -0.15) is 0 Å². The lowest BCUT2D eigenvalue weighted by Gasteiger charge is -2.12. The van der Waals surface area contributed by atoms with Gasteiger partial charge in [0.1, 0.15) is 0 Å². The highest BCUT2D eigenvalue weighted by Gasteiger charge is 2.15. The van der Waals surface area contributed by atoms with Gasteiger partial charge < -0.3 is 0 Å². The molecule has 1 aliphatic carbocycles. The molecule has 1 aliphatic rings. The zero-order valence-corrected chi connectivity index (χ0v) is 14.8. The highest BCUT2D eigenvalue weighted by atomic mass is 14.2. The van der Waals surface area contributed by atoms with E-state index in [0.29, 0.717) is 0 Å². The van der Waals surface area contributed by atoms with Crippen LogP contribution in [0.5, 0.6) is 0 Å². The average Bonchev–Trinajstić information content (AvgIpc) is 3.34. The van der Waals surface area contributed by atoms with Crippen molar-refractivity contribution in [2.45, 2.75) is 78.6 Å². The lowest BCUT2D eigenvalue weighted by molar-refractivity contribution is 0.666. The van der Waals surface area contributed by atoms with Gasteiger partial charge >= 0.3 is 0 Å². The minimum atomic E-state index is 1.20. The third-order valence-electron chi connectivity index (χ3n) is 4.57. The van der Waals surface area contributed by atoms with Crippen LogP contribution in [0.15, 0.2) is 24.3 Å². The quantitative estimate of drug-likeness (QED) is 0.404. The van der Waals surface area contributed by atoms with E-state index in [4.69, 9.17) is 0 Å². The molecule has 0 aromatic heterocycles. The minimum Gasteiger partial charge on any atom is -0.0839 e. The predicted octanol–water partition coefficient (Wildman–Crippen LogP) is 7.11. The Morgan fingerprint density at radius 1 is 1.00 bits per heavy atom. The molecule has 0 saturated heterocycles. The summed E-state index contributed by atoms with van der Waals surface area (Å²) in [4.78, 5) is 0. The molecule has 0 fully saturated rings. The molecule has 120 valence electrons. The molecule has 1 aromatic carbocycles. The molecule has 0 heteroatoms. The number of allylic oxidation sites excluding steroid dienone is 3. The van der Waals surface area contributed by atoms with Crippen LogP contribution < -0.4 is 0 Å². The third-order valence-corrected chi connectivity index (χ3v) is 4.57. The van der Waals surface area contributed by atoms with Crippen molar-refractivity contribution < 1.29 is 0 Å². The topological polar surface area (TPSA) is 0 Å². The first-order valence-electron chi connectivity index (χ1n) is 9.25. The molecule has 0 atom stereocenters. The van der Waals surface area contributed by atoms with Crippen LogP contribution in [0.4, 0.5) is 0 Å². The van der Waals surface area contributed by atoms with Gasteiger partial charge in [-0.25, -0.2) is 0 Å². The maximum absolute atomic E-state index is 2.44. The number of aryl methyl sites for hydroxylation is 2. The molecule has 0 nitrogen and oxygen atoms in total. The molecule has 22 heavy (non-hydrogen) atoms. The van der Waals surface area contributed by atoms with Crippen LogP contribution in [-0.2, 0) is 6.42 Å². The van der Waals surface area contributed by atoms with E-state index >= 15 is 0 Å². The Kier molecular flexibility index (Phi) is 6.96. The smallest absolute Gasteiger partial charge is 0.00883 e. The summed E-state index contributed by atoms with van der Waals surface area (Å²) in [6, 6.07) is 4.88. The van der Waals surface area contributed by atoms with Crippen LogP contribution in [0.2, 0.25) is 0 Å². The van der Waals surface area contributed by atoms with Crippen molar-refractivity contribution in [3.63, 3.8) is 0 Å². The fourth-order valence-electron chi connectivity index (χ4n) is 3.02. The van der Waals surface area contributed by atoms with Gasteiger partial charge in [0, 0.05) is 0 Å². The fourth-order valence-corrected chi connectivity index (χ4v) is 3.02. The Morgan fingerprint density at radius 3 is 2.45 bits per heavy atom. The normalized spacial score (nSPS) is 13.7. The molecule has 0 spiro atoms. The number of rotatable bonds is 10. The number of hydrogen-bond acceptors (Lipinski definition) is 0.